The maximum atomic E-state index is 12.6. The first-order valence-corrected chi connectivity index (χ1v) is 8.74. The highest BCUT2D eigenvalue weighted by molar-refractivity contribution is 7.20. The lowest BCUT2D eigenvalue weighted by atomic mass is 10.2. The maximum Gasteiger partial charge on any atom is 0.266 e. The maximum absolute atomic E-state index is 12.6. The van der Waals surface area contributed by atoms with Gasteiger partial charge in [0.25, 0.3) is 11.5 Å². The monoisotopic (exact) mass is 381 g/mol. The molecule has 0 saturated carbocycles. The van der Waals surface area contributed by atoms with Gasteiger partial charge in [0.15, 0.2) is 0 Å². The number of fused-ring (bicyclic) bond motifs is 1. The van der Waals surface area contributed by atoms with Crippen molar-refractivity contribution in [3.8, 4) is 0 Å². The summed E-state index contributed by atoms with van der Waals surface area (Å²) in [6, 6.07) is 4.80. The summed E-state index contributed by atoms with van der Waals surface area (Å²) in [4.78, 5) is 30.3. The number of hydrogen-bond donors (Lipinski definition) is 1. The van der Waals surface area contributed by atoms with Gasteiger partial charge in [0.1, 0.15) is 4.83 Å². The zero-order valence-electron chi connectivity index (χ0n) is 12.9. The number of aryl methyl sites for hydroxylation is 2. The van der Waals surface area contributed by atoms with E-state index < -0.39 is 0 Å². The largest absolute Gasteiger partial charge is 0.321 e. The Balaban J connectivity index is 2.03. The Morgan fingerprint density at radius 3 is 2.58 bits per heavy atom. The Labute approximate surface area is 151 Å². The van der Waals surface area contributed by atoms with Crippen molar-refractivity contribution in [3.63, 3.8) is 0 Å². The van der Waals surface area contributed by atoms with E-state index in [0.29, 0.717) is 42.9 Å². The van der Waals surface area contributed by atoms with Crippen LogP contribution in [0.2, 0.25) is 10.0 Å². The van der Waals surface area contributed by atoms with Gasteiger partial charge in [0, 0.05) is 22.3 Å². The molecule has 0 aliphatic rings. The van der Waals surface area contributed by atoms with Gasteiger partial charge in [-0.3, -0.25) is 14.2 Å². The average Bonchev–Trinajstić information content (AvgIpc) is 2.84. The number of benzene rings is 1. The molecule has 124 valence electrons. The fraction of sp³-hybridized carbons (Fsp3) is 0.188. The van der Waals surface area contributed by atoms with Crippen molar-refractivity contribution >= 4 is 56.3 Å². The number of aromatic nitrogens is 2. The number of carbonyl (C=O) groups is 1. The zero-order valence-corrected chi connectivity index (χ0v) is 15.2. The highest BCUT2D eigenvalue weighted by atomic mass is 35.5. The molecule has 8 heteroatoms. The minimum absolute atomic E-state index is 0.138. The van der Waals surface area contributed by atoms with Gasteiger partial charge in [0.05, 0.1) is 16.6 Å². The predicted molar refractivity (Wildman–Crippen MR) is 98.7 cm³/mol. The summed E-state index contributed by atoms with van der Waals surface area (Å²) in [6.45, 7) is 4.15. The lowest BCUT2D eigenvalue weighted by molar-refractivity contribution is 0.103. The zero-order chi connectivity index (χ0) is 17.4. The number of anilines is 1. The second-order valence-corrected chi connectivity index (χ2v) is 7.06. The van der Waals surface area contributed by atoms with Crippen LogP contribution in [0.25, 0.3) is 10.2 Å². The van der Waals surface area contributed by atoms with Crippen molar-refractivity contribution in [2.24, 2.45) is 0 Å². The number of nitrogens with one attached hydrogen (secondary N) is 1. The lowest BCUT2D eigenvalue weighted by Crippen LogP contribution is -2.19. The Bertz CT molecular complexity index is 990. The van der Waals surface area contributed by atoms with E-state index in [2.05, 4.69) is 10.3 Å². The molecule has 24 heavy (non-hydrogen) atoms. The summed E-state index contributed by atoms with van der Waals surface area (Å²) in [5.41, 5.74) is 0.982. The molecule has 0 aliphatic heterocycles. The van der Waals surface area contributed by atoms with Crippen LogP contribution in [-0.4, -0.2) is 15.5 Å². The van der Waals surface area contributed by atoms with Crippen molar-refractivity contribution < 1.29 is 4.79 Å². The Morgan fingerprint density at radius 1 is 1.29 bits per heavy atom. The van der Waals surface area contributed by atoms with E-state index in [-0.39, 0.29) is 11.5 Å². The lowest BCUT2D eigenvalue weighted by Gasteiger charge is -2.05. The standard InChI is InChI=1S/C16H13Cl2N3O2S/c1-3-21-7-19-15-12(16(21)23)8(2)13(24-15)14(22)20-11-5-9(17)4-10(18)6-11/h4-7H,3H2,1-2H3,(H,20,22). The van der Waals surface area contributed by atoms with E-state index in [0.717, 1.165) is 0 Å². The average molecular weight is 382 g/mol. The Kier molecular flexibility index (Phi) is 4.62. The van der Waals surface area contributed by atoms with Crippen LogP contribution >= 0.6 is 34.5 Å². The van der Waals surface area contributed by atoms with Crippen LogP contribution in [0.4, 0.5) is 5.69 Å². The van der Waals surface area contributed by atoms with Crippen LogP contribution in [0.1, 0.15) is 22.2 Å². The van der Waals surface area contributed by atoms with Crippen LogP contribution in [0, 0.1) is 6.92 Å². The summed E-state index contributed by atoms with van der Waals surface area (Å²) < 4.78 is 1.51. The van der Waals surface area contributed by atoms with Gasteiger partial charge in [-0.2, -0.15) is 0 Å². The second kappa shape index (κ2) is 6.55. The topological polar surface area (TPSA) is 64.0 Å². The van der Waals surface area contributed by atoms with Crippen molar-refractivity contribution in [1.29, 1.82) is 0 Å². The minimum atomic E-state index is -0.323. The number of hydrogen-bond acceptors (Lipinski definition) is 4. The molecule has 0 fully saturated rings. The van der Waals surface area contributed by atoms with Crippen LogP contribution in [0.15, 0.2) is 29.3 Å². The number of thiophene rings is 1. The van der Waals surface area contributed by atoms with Gasteiger partial charge in [-0.05, 0) is 37.6 Å². The molecule has 0 unspecified atom stereocenters. The quantitative estimate of drug-likeness (QED) is 0.733. The highest BCUT2D eigenvalue weighted by Gasteiger charge is 2.19. The molecular weight excluding hydrogens is 369 g/mol. The smallest absolute Gasteiger partial charge is 0.266 e. The molecule has 0 radical (unpaired) electrons. The molecule has 0 bridgehead atoms. The molecule has 5 nitrogen and oxygen atoms in total. The third-order valence-electron chi connectivity index (χ3n) is 3.58. The number of carbonyl (C=O) groups excluding carboxylic acids is 1. The molecule has 3 rings (SSSR count). The summed E-state index contributed by atoms with van der Waals surface area (Å²) in [5, 5.41) is 4.10. The summed E-state index contributed by atoms with van der Waals surface area (Å²) in [6.07, 6.45) is 1.50. The Hall–Kier alpha value is -1.89. The first-order valence-electron chi connectivity index (χ1n) is 7.16. The number of amides is 1. The van der Waals surface area contributed by atoms with E-state index >= 15 is 0 Å². The van der Waals surface area contributed by atoms with E-state index in [1.807, 2.05) is 6.92 Å². The normalized spacial score (nSPS) is 11.0. The molecule has 1 aromatic carbocycles. The van der Waals surface area contributed by atoms with Crippen LogP contribution in [-0.2, 0) is 6.54 Å². The fourth-order valence-corrected chi connectivity index (χ4v) is 3.98. The minimum Gasteiger partial charge on any atom is -0.321 e. The first-order chi connectivity index (χ1) is 11.4. The van der Waals surface area contributed by atoms with Crippen LogP contribution in [0.5, 0.6) is 0 Å². The number of halogens is 2. The molecular formula is C16H13Cl2N3O2S. The molecule has 0 saturated heterocycles. The molecule has 2 aromatic heterocycles. The van der Waals surface area contributed by atoms with Crippen molar-refractivity contribution in [2.45, 2.75) is 20.4 Å². The molecule has 3 aromatic rings. The van der Waals surface area contributed by atoms with Crippen molar-refractivity contribution in [1.82, 2.24) is 9.55 Å². The third-order valence-corrected chi connectivity index (χ3v) is 5.22. The second-order valence-electron chi connectivity index (χ2n) is 5.18. The SMILES string of the molecule is CCn1cnc2sc(C(=O)Nc3cc(Cl)cc(Cl)c3)c(C)c2c1=O. The van der Waals surface area contributed by atoms with Crippen molar-refractivity contribution in [2.75, 3.05) is 5.32 Å². The van der Waals surface area contributed by atoms with Gasteiger partial charge < -0.3 is 5.32 Å². The van der Waals surface area contributed by atoms with E-state index in [9.17, 15) is 9.59 Å². The molecule has 0 spiro atoms. The molecule has 1 amide bonds. The summed E-state index contributed by atoms with van der Waals surface area (Å²) in [7, 11) is 0. The van der Waals surface area contributed by atoms with Crippen LogP contribution < -0.4 is 10.9 Å². The van der Waals surface area contributed by atoms with Gasteiger partial charge in [-0.25, -0.2) is 4.98 Å². The Morgan fingerprint density at radius 2 is 1.96 bits per heavy atom. The molecule has 1 N–H and O–H groups in total. The fourth-order valence-electron chi connectivity index (χ4n) is 2.41. The van der Waals surface area contributed by atoms with E-state index in [1.165, 1.54) is 22.2 Å². The van der Waals surface area contributed by atoms with E-state index in [4.69, 9.17) is 23.2 Å². The predicted octanol–water partition coefficient (Wildman–Crippen LogP) is 4.35. The highest BCUT2D eigenvalue weighted by Crippen LogP contribution is 2.28. The van der Waals surface area contributed by atoms with Gasteiger partial charge in [0.2, 0.25) is 0 Å². The number of nitrogens with zero attached hydrogens (tertiary/aromatic N) is 2. The van der Waals surface area contributed by atoms with Gasteiger partial charge in [-0.1, -0.05) is 23.2 Å². The molecule has 0 aliphatic carbocycles. The van der Waals surface area contributed by atoms with Crippen LogP contribution in [0.3, 0.4) is 0 Å². The summed E-state index contributed by atoms with van der Waals surface area (Å²) >= 11 is 13.1. The van der Waals surface area contributed by atoms with Crippen molar-refractivity contribution in [3.05, 3.63) is 55.4 Å². The third kappa shape index (κ3) is 3.05. The number of rotatable bonds is 3. The van der Waals surface area contributed by atoms with E-state index in [1.54, 1.807) is 25.1 Å². The molecule has 2 heterocycles. The van der Waals surface area contributed by atoms with Gasteiger partial charge >= 0.3 is 0 Å². The first kappa shape index (κ1) is 17.0. The summed E-state index contributed by atoms with van der Waals surface area (Å²) in [5.74, 6) is -0.323. The van der Waals surface area contributed by atoms with Gasteiger partial charge in [-0.15, -0.1) is 11.3 Å². The molecule has 0 atom stereocenters.